The number of nitrogens with zero attached hydrogens (tertiary/aromatic N) is 2. The van der Waals surface area contributed by atoms with Crippen molar-refractivity contribution in [2.75, 3.05) is 12.4 Å². The molecule has 0 saturated carbocycles. The lowest BCUT2D eigenvalue weighted by atomic mass is 9.86. The van der Waals surface area contributed by atoms with E-state index in [0.29, 0.717) is 29.9 Å². The van der Waals surface area contributed by atoms with Gasteiger partial charge in [-0.05, 0) is 29.3 Å². The number of nitrogens with one attached hydrogen (secondary N) is 1. The van der Waals surface area contributed by atoms with Crippen molar-refractivity contribution < 1.29 is 23.0 Å². The van der Waals surface area contributed by atoms with Crippen LogP contribution in [0.1, 0.15) is 16.7 Å². The number of benzene rings is 2. The van der Waals surface area contributed by atoms with Crippen molar-refractivity contribution in [1.82, 2.24) is 9.97 Å². The largest absolute Gasteiger partial charge is 0.416 e. The molecule has 1 heterocycles. The number of halogens is 3. The zero-order chi connectivity index (χ0) is 21.3. The lowest BCUT2D eigenvalue weighted by Crippen LogP contribution is -2.36. The number of methoxy groups -OCH3 is 1. The fourth-order valence-corrected chi connectivity index (χ4v) is 3.67. The molecule has 8 heteroatoms. The number of fused-ring (bicyclic) bond motifs is 1. The van der Waals surface area contributed by atoms with Crippen LogP contribution in [0.5, 0.6) is 0 Å². The van der Waals surface area contributed by atoms with E-state index in [1.54, 1.807) is 13.2 Å². The van der Waals surface area contributed by atoms with Crippen LogP contribution in [-0.4, -0.2) is 34.4 Å². The second-order valence-corrected chi connectivity index (χ2v) is 7.18. The molecule has 156 valence electrons. The standard InChI is InChI=1S/C22H20F3N3O2/c1-30-20-9-14-3-2-4-17(16(14)10-19(20)29)28-21-11-18(26-12-27-21)13-5-7-15(8-6-13)22(23,24)25/h2-8,11-12,19-20,29H,9-10H2,1H3,(H,26,27,28)/t19-,20-/m1/s1. The van der Waals surface area contributed by atoms with E-state index in [-0.39, 0.29) is 6.10 Å². The van der Waals surface area contributed by atoms with Crippen LogP contribution in [0.2, 0.25) is 0 Å². The van der Waals surface area contributed by atoms with Crippen LogP contribution in [0, 0.1) is 0 Å². The smallest absolute Gasteiger partial charge is 0.390 e. The molecular formula is C22H20F3N3O2. The van der Waals surface area contributed by atoms with Crippen LogP contribution >= 0.6 is 0 Å². The van der Waals surface area contributed by atoms with Gasteiger partial charge in [-0.15, -0.1) is 0 Å². The first-order valence-corrected chi connectivity index (χ1v) is 9.43. The van der Waals surface area contributed by atoms with Crippen LogP contribution in [0.25, 0.3) is 11.3 Å². The maximum absolute atomic E-state index is 12.8. The quantitative estimate of drug-likeness (QED) is 0.662. The Labute approximate surface area is 171 Å². The van der Waals surface area contributed by atoms with Crippen molar-refractivity contribution in [3.63, 3.8) is 0 Å². The molecule has 4 rings (SSSR count). The number of rotatable bonds is 4. The van der Waals surface area contributed by atoms with Gasteiger partial charge in [-0.2, -0.15) is 13.2 Å². The van der Waals surface area contributed by atoms with Gasteiger partial charge in [-0.3, -0.25) is 0 Å². The zero-order valence-electron chi connectivity index (χ0n) is 16.1. The molecule has 0 saturated heterocycles. The van der Waals surface area contributed by atoms with Crippen molar-refractivity contribution >= 4 is 11.5 Å². The maximum Gasteiger partial charge on any atom is 0.416 e. The summed E-state index contributed by atoms with van der Waals surface area (Å²) >= 11 is 0. The van der Waals surface area contributed by atoms with Crippen LogP contribution < -0.4 is 5.32 Å². The third-order valence-corrected chi connectivity index (χ3v) is 5.28. The molecule has 5 nitrogen and oxygen atoms in total. The summed E-state index contributed by atoms with van der Waals surface area (Å²) in [4.78, 5) is 8.40. The molecule has 3 aromatic rings. The number of anilines is 2. The summed E-state index contributed by atoms with van der Waals surface area (Å²) in [7, 11) is 1.59. The molecule has 1 aliphatic carbocycles. The third kappa shape index (κ3) is 4.15. The first-order valence-electron chi connectivity index (χ1n) is 9.43. The summed E-state index contributed by atoms with van der Waals surface area (Å²) in [5.74, 6) is 0.511. The van der Waals surface area contributed by atoms with E-state index in [1.165, 1.54) is 18.5 Å². The SMILES string of the molecule is CO[C@@H]1Cc2cccc(Nc3cc(-c4ccc(C(F)(F)F)cc4)ncn3)c2C[C@H]1O. The van der Waals surface area contributed by atoms with E-state index in [4.69, 9.17) is 4.74 Å². The molecule has 0 amide bonds. The number of aliphatic hydroxyl groups is 1. The second-order valence-electron chi connectivity index (χ2n) is 7.18. The highest BCUT2D eigenvalue weighted by molar-refractivity contribution is 5.68. The lowest BCUT2D eigenvalue weighted by Gasteiger charge is -2.30. The summed E-state index contributed by atoms with van der Waals surface area (Å²) in [6.07, 6.45) is -2.79. The third-order valence-electron chi connectivity index (χ3n) is 5.28. The molecule has 2 N–H and O–H groups in total. The van der Waals surface area contributed by atoms with Gasteiger partial charge in [-0.1, -0.05) is 24.3 Å². The van der Waals surface area contributed by atoms with Crippen molar-refractivity contribution in [3.05, 3.63) is 71.5 Å². The van der Waals surface area contributed by atoms with Gasteiger partial charge < -0.3 is 15.2 Å². The second kappa shape index (κ2) is 8.04. The van der Waals surface area contributed by atoms with Crippen LogP contribution in [-0.2, 0) is 23.8 Å². The summed E-state index contributed by atoms with van der Waals surface area (Å²) in [5, 5.41) is 13.6. The fourth-order valence-electron chi connectivity index (χ4n) is 3.67. The topological polar surface area (TPSA) is 67.3 Å². The van der Waals surface area contributed by atoms with Gasteiger partial charge in [0.15, 0.2) is 0 Å². The molecular weight excluding hydrogens is 395 g/mol. The Morgan fingerprint density at radius 1 is 1.07 bits per heavy atom. The number of ether oxygens (including phenoxy) is 1. The van der Waals surface area contributed by atoms with Gasteiger partial charge in [0.25, 0.3) is 0 Å². The van der Waals surface area contributed by atoms with Gasteiger partial charge in [-0.25, -0.2) is 9.97 Å². The fraction of sp³-hybridized carbons (Fsp3) is 0.273. The Kier molecular flexibility index (Phi) is 5.44. The molecule has 0 bridgehead atoms. The highest BCUT2D eigenvalue weighted by Crippen LogP contribution is 2.33. The van der Waals surface area contributed by atoms with Crippen molar-refractivity contribution in [1.29, 1.82) is 0 Å². The Morgan fingerprint density at radius 3 is 2.53 bits per heavy atom. The maximum atomic E-state index is 12.8. The number of hydrogen-bond donors (Lipinski definition) is 2. The molecule has 0 unspecified atom stereocenters. The normalized spacial score (nSPS) is 18.7. The molecule has 0 aliphatic heterocycles. The van der Waals surface area contributed by atoms with Crippen LogP contribution in [0.4, 0.5) is 24.7 Å². The van der Waals surface area contributed by atoms with Gasteiger partial charge in [0.1, 0.15) is 12.1 Å². The highest BCUT2D eigenvalue weighted by atomic mass is 19.4. The molecule has 2 aromatic carbocycles. The molecule has 0 spiro atoms. The number of hydrogen-bond acceptors (Lipinski definition) is 5. The Hall–Kier alpha value is -2.97. The van der Waals surface area contributed by atoms with Crippen LogP contribution in [0.3, 0.4) is 0 Å². The summed E-state index contributed by atoms with van der Waals surface area (Å²) in [5.41, 5.74) is 3.26. The Bertz CT molecular complexity index is 1040. The molecule has 0 fully saturated rings. The van der Waals surface area contributed by atoms with E-state index in [9.17, 15) is 18.3 Å². The summed E-state index contributed by atoms with van der Waals surface area (Å²) in [6, 6.07) is 12.4. The van der Waals surface area contributed by atoms with E-state index in [2.05, 4.69) is 15.3 Å². The average molecular weight is 415 g/mol. The lowest BCUT2D eigenvalue weighted by molar-refractivity contribution is -0.137. The van der Waals surface area contributed by atoms with Crippen molar-refractivity contribution in [2.45, 2.75) is 31.2 Å². The average Bonchev–Trinajstić information content (AvgIpc) is 2.73. The molecule has 0 radical (unpaired) electrons. The molecule has 2 atom stereocenters. The summed E-state index contributed by atoms with van der Waals surface area (Å²) < 4.78 is 43.7. The van der Waals surface area contributed by atoms with Crippen molar-refractivity contribution in [2.24, 2.45) is 0 Å². The molecule has 1 aliphatic rings. The van der Waals surface area contributed by atoms with E-state index >= 15 is 0 Å². The number of aromatic nitrogens is 2. The van der Waals surface area contributed by atoms with Gasteiger partial charge in [0, 0.05) is 37.3 Å². The van der Waals surface area contributed by atoms with Gasteiger partial charge >= 0.3 is 6.18 Å². The van der Waals surface area contributed by atoms with E-state index < -0.39 is 17.8 Å². The zero-order valence-corrected chi connectivity index (χ0v) is 16.1. The minimum atomic E-state index is -4.38. The predicted octanol–water partition coefficient (Wildman–Crippen LogP) is 4.38. The van der Waals surface area contributed by atoms with E-state index in [1.807, 2.05) is 18.2 Å². The van der Waals surface area contributed by atoms with Crippen molar-refractivity contribution in [3.8, 4) is 11.3 Å². The van der Waals surface area contributed by atoms with Gasteiger partial charge in [0.2, 0.25) is 0 Å². The number of alkyl halides is 3. The highest BCUT2D eigenvalue weighted by Gasteiger charge is 2.30. The van der Waals surface area contributed by atoms with Gasteiger partial charge in [0.05, 0.1) is 23.5 Å². The molecule has 1 aromatic heterocycles. The Morgan fingerprint density at radius 2 is 1.83 bits per heavy atom. The predicted molar refractivity (Wildman–Crippen MR) is 106 cm³/mol. The van der Waals surface area contributed by atoms with E-state index in [0.717, 1.165) is 28.9 Å². The minimum Gasteiger partial charge on any atom is -0.390 e. The monoisotopic (exact) mass is 415 g/mol. The molecule has 30 heavy (non-hydrogen) atoms. The Balaban J connectivity index is 1.59. The summed E-state index contributed by atoms with van der Waals surface area (Å²) in [6.45, 7) is 0. The number of aliphatic hydroxyl groups excluding tert-OH is 1. The first-order chi connectivity index (χ1) is 14.3. The minimum absolute atomic E-state index is 0.238. The van der Waals surface area contributed by atoms with Crippen LogP contribution in [0.15, 0.2) is 54.9 Å². The first kappa shape index (κ1) is 20.3.